The van der Waals surface area contributed by atoms with Crippen LogP contribution in [0.15, 0.2) is 30.0 Å². The third kappa shape index (κ3) is 2.76. The lowest BCUT2D eigenvalue weighted by Gasteiger charge is -2.20. The summed E-state index contributed by atoms with van der Waals surface area (Å²) in [6, 6.07) is 3.65. The summed E-state index contributed by atoms with van der Waals surface area (Å²) < 4.78 is 26.5. The Labute approximate surface area is 121 Å². The van der Waals surface area contributed by atoms with Crippen LogP contribution in [0.25, 0.3) is 0 Å². The van der Waals surface area contributed by atoms with E-state index >= 15 is 0 Å². The number of hydrogen-bond acceptors (Lipinski definition) is 3. The van der Waals surface area contributed by atoms with E-state index in [1.807, 2.05) is 11.1 Å². The molecule has 0 radical (unpaired) electrons. The van der Waals surface area contributed by atoms with E-state index in [9.17, 15) is 13.6 Å². The van der Waals surface area contributed by atoms with Crippen LogP contribution in [0.2, 0.25) is 0 Å². The summed E-state index contributed by atoms with van der Waals surface area (Å²) in [6.07, 6.45) is 1.98. The number of amides is 1. The number of benzene rings is 1. The van der Waals surface area contributed by atoms with E-state index in [0.717, 1.165) is 12.6 Å². The van der Waals surface area contributed by atoms with Gasteiger partial charge in [-0.3, -0.25) is 4.79 Å². The Morgan fingerprint density at radius 2 is 2.14 bits per heavy atom. The van der Waals surface area contributed by atoms with Crippen LogP contribution in [0, 0.1) is 17.6 Å². The minimum atomic E-state index is -0.566. The number of nitrogens with two attached hydrogens (primary N) is 1. The van der Waals surface area contributed by atoms with Crippen molar-refractivity contribution >= 4 is 5.91 Å². The van der Waals surface area contributed by atoms with Crippen LogP contribution in [-0.2, 0) is 11.3 Å². The van der Waals surface area contributed by atoms with Gasteiger partial charge in [0, 0.05) is 49.9 Å². The van der Waals surface area contributed by atoms with Gasteiger partial charge in [0.15, 0.2) is 0 Å². The first-order valence-corrected chi connectivity index (χ1v) is 6.93. The van der Waals surface area contributed by atoms with E-state index in [2.05, 4.69) is 0 Å². The first kappa shape index (κ1) is 14.0. The van der Waals surface area contributed by atoms with Crippen molar-refractivity contribution in [2.45, 2.75) is 6.54 Å². The highest BCUT2D eigenvalue weighted by atomic mass is 19.1. The third-order valence-electron chi connectivity index (χ3n) is 4.06. The highest BCUT2D eigenvalue weighted by Crippen LogP contribution is 2.30. The lowest BCUT2D eigenvalue weighted by molar-refractivity contribution is -0.128. The van der Waals surface area contributed by atoms with Crippen LogP contribution >= 0.6 is 0 Å². The first-order chi connectivity index (χ1) is 10.1. The summed E-state index contributed by atoms with van der Waals surface area (Å²) >= 11 is 0. The summed E-state index contributed by atoms with van der Waals surface area (Å²) in [7, 11) is 0. The topological polar surface area (TPSA) is 49.6 Å². The van der Waals surface area contributed by atoms with Crippen molar-refractivity contribution in [1.29, 1.82) is 0 Å². The number of nitrogens with zero attached hydrogens (tertiary/aromatic N) is 2. The maximum atomic E-state index is 13.7. The van der Waals surface area contributed by atoms with Gasteiger partial charge in [-0.05, 0) is 11.6 Å². The van der Waals surface area contributed by atoms with Crippen molar-refractivity contribution < 1.29 is 13.6 Å². The molecule has 4 nitrogen and oxygen atoms in total. The SMILES string of the molecule is NCC(=O)N1CC2=CN(Cc3ccc(F)cc3F)CC2C1. The molecule has 2 heterocycles. The second kappa shape index (κ2) is 5.44. The van der Waals surface area contributed by atoms with E-state index in [0.29, 0.717) is 31.1 Å². The normalized spacial score (nSPS) is 20.7. The average molecular weight is 293 g/mol. The van der Waals surface area contributed by atoms with Crippen molar-refractivity contribution in [2.24, 2.45) is 11.7 Å². The fourth-order valence-corrected chi connectivity index (χ4v) is 2.99. The monoisotopic (exact) mass is 293 g/mol. The lowest BCUT2D eigenvalue weighted by Crippen LogP contribution is -2.35. The molecule has 2 aliphatic rings. The minimum Gasteiger partial charge on any atom is -0.372 e. The van der Waals surface area contributed by atoms with E-state index in [1.54, 1.807) is 4.90 Å². The number of carbonyl (C=O) groups is 1. The molecular formula is C15H17F2N3O. The quantitative estimate of drug-likeness (QED) is 0.907. The molecule has 1 aromatic rings. The van der Waals surface area contributed by atoms with Crippen molar-refractivity contribution in [3.05, 3.63) is 47.2 Å². The first-order valence-electron chi connectivity index (χ1n) is 6.93. The summed E-state index contributed by atoms with van der Waals surface area (Å²) in [5, 5.41) is 0. The van der Waals surface area contributed by atoms with Crippen LogP contribution in [0.5, 0.6) is 0 Å². The second-order valence-electron chi connectivity index (χ2n) is 5.54. The second-order valence-corrected chi connectivity index (χ2v) is 5.54. The maximum absolute atomic E-state index is 13.7. The zero-order chi connectivity index (χ0) is 15.0. The van der Waals surface area contributed by atoms with Gasteiger partial charge in [0.2, 0.25) is 5.91 Å². The molecule has 2 N–H and O–H groups in total. The molecule has 1 atom stereocenters. The van der Waals surface area contributed by atoms with Crippen LogP contribution in [0.1, 0.15) is 5.56 Å². The molecule has 112 valence electrons. The molecule has 1 unspecified atom stereocenters. The molecule has 1 amide bonds. The molecule has 1 fully saturated rings. The van der Waals surface area contributed by atoms with Crippen molar-refractivity contribution in [2.75, 3.05) is 26.2 Å². The predicted octanol–water partition coefficient (Wildman–Crippen LogP) is 1.08. The molecule has 3 rings (SSSR count). The van der Waals surface area contributed by atoms with Gasteiger partial charge in [-0.25, -0.2) is 8.78 Å². The Morgan fingerprint density at radius 3 is 2.81 bits per heavy atom. The summed E-state index contributed by atoms with van der Waals surface area (Å²) in [5.74, 6) is -0.834. The van der Waals surface area contributed by atoms with Gasteiger partial charge in [0.25, 0.3) is 0 Å². The number of fused-ring (bicyclic) bond motifs is 1. The summed E-state index contributed by atoms with van der Waals surface area (Å²) in [5.41, 5.74) is 7.02. The zero-order valence-electron chi connectivity index (χ0n) is 11.6. The smallest absolute Gasteiger partial charge is 0.236 e. The summed E-state index contributed by atoms with van der Waals surface area (Å²) in [4.78, 5) is 15.3. The number of likely N-dealkylation sites (tertiary alicyclic amines) is 1. The van der Waals surface area contributed by atoms with Crippen LogP contribution < -0.4 is 5.73 Å². The van der Waals surface area contributed by atoms with Crippen LogP contribution in [0.3, 0.4) is 0 Å². The van der Waals surface area contributed by atoms with Gasteiger partial charge in [-0.1, -0.05) is 6.07 Å². The highest BCUT2D eigenvalue weighted by molar-refractivity contribution is 5.79. The minimum absolute atomic E-state index is 0.0322. The molecule has 2 aliphatic heterocycles. The fraction of sp³-hybridized carbons (Fsp3) is 0.400. The Balaban J connectivity index is 1.66. The Bertz CT molecular complexity index is 603. The predicted molar refractivity (Wildman–Crippen MR) is 74.0 cm³/mol. The van der Waals surface area contributed by atoms with Gasteiger partial charge in [-0.15, -0.1) is 0 Å². The van der Waals surface area contributed by atoms with Gasteiger partial charge in [-0.2, -0.15) is 0 Å². The molecule has 21 heavy (non-hydrogen) atoms. The number of halogens is 2. The fourth-order valence-electron chi connectivity index (χ4n) is 2.99. The maximum Gasteiger partial charge on any atom is 0.236 e. The standard InChI is InChI=1S/C15H17F2N3O/c16-13-2-1-10(14(17)3-13)5-19-6-11-8-20(15(21)4-18)9-12(11)7-19/h1-3,6,12H,4-5,7-9,18H2. The molecule has 0 aliphatic carbocycles. The number of hydrogen-bond donors (Lipinski definition) is 1. The van der Waals surface area contributed by atoms with E-state index < -0.39 is 11.6 Å². The third-order valence-corrected chi connectivity index (χ3v) is 4.06. The highest BCUT2D eigenvalue weighted by Gasteiger charge is 2.34. The molecule has 6 heteroatoms. The van der Waals surface area contributed by atoms with E-state index in [4.69, 9.17) is 5.73 Å². The molecule has 0 aromatic heterocycles. The van der Waals surface area contributed by atoms with Crippen LogP contribution in [0.4, 0.5) is 8.78 Å². The van der Waals surface area contributed by atoms with E-state index in [-0.39, 0.29) is 12.5 Å². The average Bonchev–Trinajstić information content (AvgIpc) is 2.99. The van der Waals surface area contributed by atoms with Gasteiger partial charge >= 0.3 is 0 Å². The van der Waals surface area contributed by atoms with Crippen molar-refractivity contribution in [1.82, 2.24) is 9.80 Å². The Kier molecular flexibility index (Phi) is 3.63. The van der Waals surface area contributed by atoms with Gasteiger partial charge in [0.05, 0.1) is 6.54 Å². The zero-order valence-corrected chi connectivity index (χ0v) is 11.6. The van der Waals surface area contributed by atoms with Crippen molar-refractivity contribution in [3.63, 3.8) is 0 Å². The molecular weight excluding hydrogens is 276 g/mol. The van der Waals surface area contributed by atoms with Crippen molar-refractivity contribution in [3.8, 4) is 0 Å². The van der Waals surface area contributed by atoms with Crippen LogP contribution in [-0.4, -0.2) is 41.9 Å². The Morgan fingerprint density at radius 1 is 1.33 bits per heavy atom. The molecule has 1 aromatic carbocycles. The molecule has 0 saturated carbocycles. The molecule has 1 saturated heterocycles. The molecule has 0 spiro atoms. The van der Waals surface area contributed by atoms with E-state index in [1.165, 1.54) is 17.7 Å². The molecule has 0 bridgehead atoms. The number of rotatable bonds is 3. The largest absolute Gasteiger partial charge is 0.372 e. The lowest BCUT2D eigenvalue weighted by atomic mass is 10.1. The Hall–Kier alpha value is -1.95. The summed E-state index contributed by atoms with van der Waals surface area (Å²) in [6.45, 7) is 2.47. The number of carbonyl (C=O) groups excluding carboxylic acids is 1. The van der Waals surface area contributed by atoms with Gasteiger partial charge < -0.3 is 15.5 Å². The van der Waals surface area contributed by atoms with Gasteiger partial charge in [0.1, 0.15) is 11.6 Å².